The third-order valence-corrected chi connectivity index (χ3v) is 9.46. The van der Waals surface area contributed by atoms with Gasteiger partial charge < -0.3 is 14.8 Å². The Morgan fingerprint density at radius 2 is 1.96 bits per heavy atom. The molecule has 7 rings (SSSR count). The Labute approximate surface area is 277 Å². The molecule has 246 valence electrons. The molecule has 48 heavy (non-hydrogen) atoms. The average molecular weight is 650 g/mol. The van der Waals surface area contributed by atoms with Crippen LogP contribution in [0.2, 0.25) is 0 Å². The minimum absolute atomic E-state index is 0.0494. The van der Waals surface area contributed by atoms with Crippen molar-refractivity contribution in [1.29, 1.82) is 0 Å². The highest BCUT2D eigenvalue weighted by atomic mass is 19.1. The summed E-state index contributed by atoms with van der Waals surface area (Å²) in [4.78, 5) is 14.3. The van der Waals surface area contributed by atoms with Crippen LogP contribution in [-0.4, -0.2) is 35.6 Å². The first-order valence-electron chi connectivity index (χ1n) is 16.3. The van der Waals surface area contributed by atoms with Gasteiger partial charge in [0, 0.05) is 53.1 Å². The fourth-order valence-electron chi connectivity index (χ4n) is 6.70. The van der Waals surface area contributed by atoms with Crippen molar-refractivity contribution in [2.45, 2.75) is 70.4 Å². The first-order valence-corrected chi connectivity index (χ1v) is 16.3. The maximum Gasteiger partial charge on any atom is 0.303 e. The Kier molecular flexibility index (Phi) is 8.33. The maximum atomic E-state index is 15.7. The van der Waals surface area contributed by atoms with E-state index in [0.29, 0.717) is 23.2 Å². The summed E-state index contributed by atoms with van der Waals surface area (Å²) >= 11 is 0. The number of rotatable bonds is 4. The van der Waals surface area contributed by atoms with Crippen molar-refractivity contribution in [2.75, 3.05) is 0 Å². The molecule has 8 nitrogen and oxygen atoms in total. The number of aromatic nitrogens is 5. The lowest BCUT2D eigenvalue weighted by Crippen LogP contribution is -2.17. The first kappa shape index (κ1) is 31.4. The highest BCUT2D eigenvalue weighted by molar-refractivity contribution is 5.85. The highest BCUT2D eigenvalue weighted by Gasteiger charge is 2.25. The van der Waals surface area contributed by atoms with Gasteiger partial charge in [0.15, 0.2) is 11.6 Å². The van der Waals surface area contributed by atoms with E-state index < -0.39 is 17.6 Å². The van der Waals surface area contributed by atoms with Crippen LogP contribution >= 0.6 is 0 Å². The third kappa shape index (κ3) is 6.34. The lowest BCUT2D eigenvalue weighted by Gasteiger charge is -2.24. The number of aromatic amines is 1. The summed E-state index contributed by atoms with van der Waals surface area (Å²) in [7, 11) is 0. The summed E-state index contributed by atoms with van der Waals surface area (Å²) in [6, 6.07) is 17.2. The zero-order valence-electron chi connectivity index (χ0n) is 26.9. The molecule has 1 aliphatic rings. The molecule has 0 fully saturated rings. The number of aliphatic carboxylic acids is 1. The Balaban J connectivity index is 1.32. The van der Waals surface area contributed by atoms with Gasteiger partial charge >= 0.3 is 5.97 Å². The molecule has 0 aliphatic carbocycles. The van der Waals surface area contributed by atoms with E-state index in [-0.39, 0.29) is 41.5 Å². The number of hydrogen-bond acceptors (Lipinski definition) is 4. The Morgan fingerprint density at radius 1 is 1.08 bits per heavy atom. The average Bonchev–Trinajstić information content (AvgIpc) is 3.84. The fraction of sp³-hybridized carbons (Fsp3) is 0.289. The molecule has 1 aliphatic heterocycles. The molecule has 0 radical (unpaired) electrons. The number of aryl methyl sites for hydroxylation is 1. The quantitative estimate of drug-likeness (QED) is 0.199. The van der Waals surface area contributed by atoms with Gasteiger partial charge in [-0.25, -0.2) is 8.78 Å². The molecule has 0 spiro atoms. The molecule has 6 bridgehead atoms. The molecule has 6 aromatic rings. The molecule has 10 heteroatoms. The zero-order chi connectivity index (χ0) is 33.4. The van der Waals surface area contributed by atoms with Gasteiger partial charge in [-0.2, -0.15) is 10.2 Å². The van der Waals surface area contributed by atoms with E-state index in [1.165, 1.54) is 18.2 Å². The topological polar surface area (TPSA) is 98.0 Å². The second-order valence-electron chi connectivity index (χ2n) is 13.2. The number of carbonyl (C=O) groups is 1. The van der Waals surface area contributed by atoms with Gasteiger partial charge in [0.05, 0.1) is 24.5 Å². The molecule has 4 heterocycles. The van der Waals surface area contributed by atoms with E-state index in [4.69, 9.17) is 9.84 Å². The van der Waals surface area contributed by atoms with Crippen molar-refractivity contribution in [3.05, 3.63) is 119 Å². The minimum atomic E-state index is -0.839. The van der Waals surface area contributed by atoms with E-state index in [2.05, 4.69) is 23.9 Å². The monoisotopic (exact) mass is 649 g/mol. The number of halogens is 2. The van der Waals surface area contributed by atoms with Crippen molar-refractivity contribution >= 4 is 16.9 Å². The molecule has 3 aromatic heterocycles. The lowest BCUT2D eigenvalue weighted by molar-refractivity contribution is -0.136. The van der Waals surface area contributed by atoms with E-state index in [1.54, 1.807) is 18.3 Å². The number of H-pyrrole nitrogens is 1. The molecule has 0 saturated heterocycles. The van der Waals surface area contributed by atoms with Crippen LogP contribution in [0, 0.1) is 11.6 Å². The van der Waals surface area contributed by atoms with E-state index in [1.807, 2.05) is 58.3 Å². The fourth-order valence-corrected chi connectivity index (χ4v) is 6.70. The molecule has 0 saturated carbocycles. The predicted octanol–water partition coefficient (Wildman–Crippen LogP) is 8.80. The molecule has 3 aromatic carbocycles. The lowest BCUT2D eigenvalue weighted by atomic mass is 9.81. The number of nitrogens with zero attached hydrogens (tertiary/aromatic N) is 4. The molecule has 1 atom stereocenters. The van der Waals surface area contributed by atoms with E-state index in [9.17, 15) is 9.90 Å². The molecular weight excluding hydrogens is 612 g/mol. The molecule has 1 unspecified atom stereocenters. The van der Waals surface area contributed by atoms with Gasteiger partial charge in [0.2, 0.25) is 0 Å². The smallest absolute Gasteiger partial charge is 0.303 e. The summed E-state index contributed by atoms with van der Waals surface area (Å²) in [6.07, 6.45) is 11.6. The van der Waals surface area contributed by atoms with Crippen LogP contribution in [0.4, 0.5) is 8.78 Å². The summed E-state index contributed by atoms with van der Waals surface area (Å²) < 4.78 is 41.0. The SMILES string of the molecule is CC1(C)CCCCC(c2cccc(CCC(=O)O)c2)n2ccc(n2)-c2cc(ccc2F)Oc2c(F)cc3[nH]ccc3c2Cn2cc1cn2. The Bertz CT molecular complexity index is 2110. The van der Waals surface area contributed by atoms with Gasteiger partial charge in [-0.05, 0) is 71.7 Å². The van der Waals surface area contributed by atoms with Crippen LogP contribution in [0.3, 0.4) is 0 Å². The van der Waals surface area contributed by atoms with Gasteiger partial charge in [0.25, 0.3) is 0 Å². The van der Waals surface area contributed by atoms with Gasteiger partial charge in [-0.1, -0.05) is 51.0 Å². The second-order valence-corrected chi connectivity index (χ2v) is 13.2. The summed E-state index contributed by atoms with van der Waals surface area (Å²) in [5.41, 5.74) is 4.82. The van der Waals surface area contributed by atoms with Crippen LogP contribution in [0.5, 0.6) is 11.5 Å². The molecule has 0 amide bonds. The predicted molar refractivity (Wildman–Crippen MR) is 179 cm³/mol. The van der Waals surface area contributed by atoms with Gasteiger partial charge in [0.1, 0.15) is 11.6 Å². The van der Waals surface area contributed by atoms with E-state index in [0.717, 1.165) is 47.8 Å². The van der Waals surface area contributed by atoms with Crippen LogP contribution < -0.4 is 4.74 Å². The Morgan fingerprint density at radius 3 is 2.81 bits per heavy atom. The number of hydrogen-bond donors (Lipinski definition) is 2. The van der Waals surface area contributed by atoms with Crippen LogP contribution in [0.1, 0.15) is 74.2 Å². The van der Waals surface area contributed by atoms with E-state index >= 15 is 8.78 Å². The number of carboxylic acid groups (broad SMARTS) is 1. The summed E-state index contributed by atoms with van der Waals surface area (Å²) in [5.74, 6) is -1.52. The normalized spacial score (nSPS) is 16.4. The number of fused-ring (bicyclic) bond motifs is 10. The number of nitrogens with one attached hydrogen (secondary N) is 1. The van der Waals surface area contributed by atoms with Crippen molar-refractivity contribution in [3.63, 3.8) is 0 Å². The van der Waals surface area contributed by atoms with Crippen LogP contribution in [0.25, 0.3) is 22.2 Å². The Hall–Kier alpha value is -5.25. The van der Waals surface area contributed by atoms with Crippen molar-refractivity contribution in [1.82, 2.24) is 24.5 Å². The minimum Gasteiger partial charge on any atom is -0.481 e. The number of ether oxygens (including phenoxy) is 1. The first-order chi connectivity index (χ1) is 23.1. The van der Waals surface area contributed by atoms with Gasteiger partial charge in [-0.3, -0.25) is 14.2 Å². The van der Waals surface area contributed by atoms with Crippen molar-refractivity contribution in [3.8, 4) is 22.8 Å². The number of carboxylic acids is 1. The number of benzene rings is 3. The third-order valence-electron chi connectivity index (χ3n) is 9.46. The van der Waals surface area contributed by atoms with Crippen LogP contribution in [-0.2, 0) is 23.2 Å². The standard InChI is InChI=1S/C38H37F2N5O3/c1-38(2)15-4-3-8-35(25-7-5-6-24(18-25)9-12-36(46)47)45-17-14-33(43-45)29-19-27(10-11-31(29)39)48-37-30(23-44-22-26(38)21-42-44)28-13-16-41-34(28)20-32(37)40/h5-7,10-11,13-14,16-22,35,41H,3-4,8-9,12,15,23H2,1-2H3,(H,46,47). The van der Waals surface area contributed by atoms with Crippen molar-refractivity contribution in [2.24, 2.45) is 0 Å². The van der Waals surface area contributed by atoms with Crippen molar-refractivity contribution < 1.29 is 23.4 Å². The van der Waals surface area contributed by atoms with Gasteiger partial charge in [-0.15, -0.1) is 0 Å². The summed E-state index contributed by atoms with van der Waals surface area (Å²) in [5, 5.41) is 19.6. The summed E-state index contributed by atoms with van der Waals surface area (Å²) in [6.45, 7) is 4.70. The molecule has 2 N–H and O–H groups in total. The molecular formula is C38H37F2N5O3. The van der Waals surface area contributed by atoms with Crippen LogP contribution in [0.15, 0.2) is 85.5 Å². The zero-order valence-corrected chi connectivity index (χ0v) is 26.9. The highest BCUT2D eigenvalue weighted by Crippen LogP contribution is 2.38. The second kappa shape index (κ2) is 12.7. The largest absolute Gasteiger partial charge is 0.481 e. The maximum absolute atomic E-state index is 15.7.